The van der Waals surface area contributed by atoms with E-state index < -0.39 is 0 Å². The van der Waals surface area contributed by atoms with E-state index in [2.05, 4.69) is 10.3 Å². The quantitative estimate of drug-likeness (QED) is 0.694. The Bertz CT molecular complexity index is 923. The Morgan fingerprint density at radius 1 is 1.14 bits per heavy atom. The normalized spacial score (nSPS) is 18.9. The van der Waals surface area contributed by atoms with Crippen LogP contribution >= 0.6 is 0 Å². The third-order valence-electron chi connectivity index (χ3n) is 5.52. The molecule has 0 radical (unpaired) electrons. The van der Waals surface area contributed by atoms with E-state index in [0.717, 1.165) is 41.8 Å². The summed E-state index contributed by atoms with van der Waals surface area (Å²) in [5.41, 5.74) is 9.63. The van der Waals surface area contributed by atoms with Gasteiger partial charge in [0.25, 0.3) is 0 Å². The summed E-state index contributed by atoms with van der Waals surface area (Å²) in [6.07, 6.45) is 8.54. The van der Waals surface area contributed by atoms with Gasteiger partial charge >= 0.3 is 0 Å². The van der Waals surface area contributed by atoms with Gasteiger partial charge in [0.15, 0.2) is 0 Å². The maximum Gasteiger partial charge on any atom is 0.223 e. The minimum Gasteiger partial charge on any atom is -0.352 e. The van der Waals surface area contributed by atoms with Crippen molar-refractivity contribution in [3.63, 3.8) is 0 Å². The lowest BCUT2D eigenvalue weighted by Gasteiger charge is -2.17. The second-order valence-corrected chi connectivity index (χ2v) is 7.27. The molecular formula is C22H25N5O. The summed E-state index contributed by atoms with van der Waals surface area (Å²) in [6, 6.07) is 13.8. The van der Waals surface area contributed by atoms with Gasteiger partial charge in [0.05, 0.1) is 11.4 Å². The van der Waals surface area contributed by atoms with Crippen LogP contribution in [0.3, 0.4) is 0 Å². The molecule has 2 heterocycles. The molecule has 4 rings (SSSR count). The molecule has 3 N–H and O–H groups in total. The summed E-state index contributed by atoms with van der Waals surface area (Å²) in [6.45, 7) is 1.02. The monoisotopic (exact) mass is 375 g/mol. The lowest BCUT2D eigenvalue weighted by atomic mass is 9.95. The largest absolute Gasteiger partial charge is 0.352 e. The van der Waals surface area contributed by atoms with Gasteiger partial charge in [-0.05, 0) is 49.6 Å². The number of hydrogen-bond acceptors (Lipinski definition) is 4. The van der Waals surface area contributed by atoms with Crippen LogP contribution in [0.1, 0.15) is 24.8 Å². The molecule has 28 heavy (non-hydrogen) atoms. The molecule has 144 valence electrons. The fourth-order valence-corrected chi connectivity index (χ4v) is 3.98. The van der Waals surface area contributed by atoms with Crippen molar-refractivity contribution < 1.29 is 4.79 Å². The van der Waals surface area contributed by atoms with Crippen LogP contribution in [-0.4, -0.2) is 27.2 Å². The van der Waals surface area contributed by atoms with E-state index in [9.17, 15) is 4.79 Å². The molecule has 6 heteroatoms. The first-order valence-electron chi connectivity index (χ1n) is 9.78. The van der Waals surface area contributed by atoms with Crippen LogP contribution in [-0.2, 0) is 11.3 Å². The number of nitrogens with zero attached hydrogens (tertiary/aromatic N) is 3. The van der Waals surface area contributed by atoms with E-state index >= 15 is 0 Å². The Balaban J connectivity index is 1.58. The Morgan fingerprint density at radius 2 is 1.93 bits per heavy atom. The smallest absolute Gasteiger partial charge is 0.223 e. The summed E-state index contributed by atoms with van der Waals surface area (Å²) in [5, 5.41) is 7.89. The molecule has 2 atom stereocenters. The first-order chi connectivity index (χ1) is 13.8. The van der Waals surface area contributed by atoms with Gasteiger partial charge < -0.3 is 11.1 Å². The van der Waals surface area contributed by atoms with Crippen LogP contribution < -0.4 is 11.1 Å². The maximum atomic E-state index is 12.7. The number of carbonyl (C=O) groups is 1. The van der Waals surface area contributed by atoms with E-state index in [4.69, 9.17) is 10.8 Å². The molecule has 0 unspecified atom stereocenters. The molecule has 1 amide bonds. The molecule has 1 saturated carbocycles. The number of amides is 1. The molecule has 2 aromatic heterocycles. The fourth-order valence-electron chi connectivity index (χ4n) is 3.98. The Labute approximate surface area is 164 Å². The molecule has 1 aromatic carbocycles. The zero-order chi connectivity index (χ0) is 19.3. The van der Waals surface area contributed by atoms with Crippen molar-refractivity contribution in [2.45, 2.75) is 25.8 Å². The number of benzene rings is 1. The lowest BCUT2D eigenvalue weighted by molar-refractivity contribution is -0.126. The highest BCUT2D eigenvalue weighted by Crippen LogP contribution is 2.31. The molecule has 0 spiro atoms. The topological polar surface area (TPSA) is 85.8 Å². The van der Waals surface area contributed by atoms with Crippen molar-refractivity contribution in [3.05, 3.63) is 66.6 Å². The van der Waals surface area contributed by atoms with Gasteiger partial charge in [-0.1, -0.05) is 24.6 Å². The zero-order valence-electron chi connectivity index (χ0n) is 15.8. The van der Waals surface area contributed by atoms with Gasteiger partial charge in [-0.15, -0.1) is 0 Å². The highest BCUT2D eigenvalue weighted by atomic mass is 16.1. The van der Waals surface area contributed by atoms with Crippen molar-refractivity contribution in [1.29, 1.82) is 0 Å². The molecule has 1 fully saturated rings. The Morgan fingerprint density at radius 3 is 2.68 bits per heavy atom. The maximum absolute atomic E-state index is 12.7. The SMILES string of the molecule is NC[C@H]1CCC[C@H]1C(=O)NCc1cn(-c2ccccc2)nc1-c1ccncc1. The molecule has 1 aliphatic rings. The summed E-state index contributed by atoms with van der Waals surface area (Å²) < 4.78 is 1.86. The Hall–Kier alpha value is -2.99. The first kappa shape index (κ1) is 18.4. The van der Waals surface area contributed by atoms with Crippen molar-refractivity contribution in [3.8, 4) is 16.9 Å². The van der Waals surface area contributed by atoms with Crippen LogP contribution in [0, 0.1) is 11.8 Å². The number of pyridine rings is 1. The molecule has 0 saturated heterocycles. The van der Waals surface area contributed by atoms with Crippen LogP contribution in [0.4, 0.5) is 0 Å². The van der Waals surface area contributed by atoms with Gasteiger partial charge in [-0.3, -0.25) is 9.78 Å². The number of rotatable bonds is 6. The van der Waals surface area contributed by atoms with Crippen LogP contribution in [0.25, 0.3) is 16.9 Å². The average Bonchev–Trinajstić information content (AvgIpc) is 3.40. The Kier molecular flexibility index (Phi) is 5.48. The highest BCUT2D eigenvalue weighted by molar-refractivity contribution is 5.79. The summed E-state index contributed by atoms with van der Waals surface area (Å²) >= 11 is 0. The minimum absolute atomic E-state index is 0.0264. The number of nitrogens with one attached hydrogen (secondary N) is 1. The highest BCUT2D eigenvalue weighted by Gasteiger charge is 2.31. The standard InChI is InChI=1S/C22H25N5O/c23-13-17-5-4-8-20(17)22(28)25-14-18-15-27(19-6-2-1-3-7-19)26-21(18)16-9-11-24-12-10-16/h1-3,6-7,9-12,15,17,20H,4-5,8,13-14,23H2,(H,25,28)/t17-,20-/m1/s1. The lowest BCUT2D eigenvalue weighted by Crippen LogP contribution is -2.34. The van der Waals surface area contributed by atoms with Gasteiger partial charge in [-0.25, -0.2) is 4.68 Å². The fraction of sp³-hybridized carbons (Fsp3) is 0.318. The number of hydrogen-bond donors (Lipinski definition) is 2. The third-order valence-corrected chi connectivity index (χ3v) is 5.52. The van der Waals surface area contributed by atoms with Gasteiger partial charge in [0, 0.05) is 42.2 Å². The molecule has 6 nitrogen and oxygen atoms in total. The van der Waals surface area contributed by atoms with E-state index in [1.54, 1.807) is 12.4 Å². The molecule has 0 bridgehead atoms. The first-order valence-corrected chi connectivity index (χ1v) is 9.78. The van der Waals surface area contributed by atoms with E-state index in [-0.39, 0.29) is 11.8 Å². The predicted molar refractivity (Wildman–Crippen MR) is 109 cm³/mol. The van der Waals surface area contributed by atoms with Crippen LogP contribution in [0.2, 0.25) is 0 Å². The van der Waals surface area contributed by atoms with Gasteiger partial charge in [0.1, 0.15) is 0 Å². The second kappa shape index (κ2) is 8.35. The summed E-state index contributed by atoms with van der Waals surface area (Å²) in [5.74, 6) is 0.423. The summed E-state index contributed by atoms with van der Waals surface area (Å²) in [7, 11) is 0. The molecular weight excluding hydrogens is 350 g/mol. The minimum atomic E-state index is 0.0264. The second-order valence-electron chi connectivity index (χ2n) is 7.27. The third kappa shape index (κ3) is 3.82. The van der Waals surface area contributed by atoms with Gasteiger partial charge in [0.2, 0.25) is 5.91 Å². The average molecular weight is 375 g/mol. The van der Waals surface area contributed by atoms with Crippen molar-refractivity contribution in [1.82, 2.24) is 20.1 Å². The van der Waals surface area contributed by atoms with Crippen LogP contribution in [0.15, 0.2) is 61.1 Å². The number of nitrogens with two attached hydrogens (primary N) is 1. The molecule has 3 aromatic rings. The zero-order valence-corrected chi connectivity index (χ0v) is 15.8. The van der Waals surface area contributed by atoms with Crippen molar-refractivity contribution >= 4 is 5.91 Å². The van der Waals surface area contributed by atoms with E-state index in [0.29, 0.717) is 19.0 Å². The van der Waals surface area contributed by atoms with Crippen molar-refractivity contribution in [2.24, 2.45) is 17.6 Å². The molecule has 1 aliphatic carbocycles. The summed E-state index contributed by atoms with van der Waals surface area (Å²) in [4.78, 5) is 16.8. The number of para-hydroxylation sites is 1. The van der Waals surface area contributed by atoms with E-state index in [1.165, 1.54) is 0 Å². The van der Waals surface area contributed by atoms with Crippen molar-refractivity contribution in [2.75, 3.05) is 6.54 Å². The van der Waals surface area contributed by atoms with E-state index in [1.807, 2.05) is 53.3 Å². The van der Waals surface area contributed by atoms with Crippen LogP contribution in [0.5, 0.6) is 0 Å². The number of aromatic nitrogens is 3. The van der Waals surface area contributed by atoms with Gasteiger partial charge in [-0.2, -0.15) is 5.10 Å². The molecule has 0 aliphatic heterocycles. The number of carbonyl (C=O) groups excluding carboxylic acids is 1. The predicted octanol–water partition coefficient (Wildman–Crippen LogP) is 2.93.